The molecule has 19 heavy (non-hydrogen) atoms. The van der Waals surface area contributed by atoms with Crippen LogP contribution in [0.25, 0.3) is 22.0 Å². The highest BCUT2D eigenvalue weighted by molar-refractivity contribution is 5.97. The molecule has 0 spiro atoms. The first-order valence-electron chi connectivity index (χ1n) is 5.77. The molecule has 3 rings (SSSR count). The molecule has 0 aliphatic rings. The largest absolute Gasteiger partial charge is 0.503 e. The van der Waals surface area contributed by atoms with E-state index in [1.807, 2.05) is 0 Å². The normalized spacial score (nSPS) is 10.8. The third-order valence-corrected chi connectivity index (χ3v) is 3.04. The van der Waals surface area contributed by atoms with E-state index in [0.29, 0.717) is 10.9 Å². The summed E-state index contributed by atoms with van der Waals surface area (Å²) in [7, 11) is 0. The quantitative estimate of drug-likeness (QED) is 0.702. The number of halogens is 1. The van der Waals surface area contributed by atoms with Gasteiger partial charge in [-0.05, 0) is 12.1 Å². The number of aromatic nitrogens is 1. The van der Waals surface area contributed by atoms with E-state index >= 15 is 0 Å². The molecule has 0 saturated heterocycles. The van der Waals surface area contributed by atoms with Crippen LogP contribution < -0.4 is 5.56 Å². The monoisotopic (exact) mass is 255 g/mol. The van der Waals surface area contributed by atoms with Crippen molar-refractivity contribution < 1.29 is 9.50 Å². The molecular formula is C15H10FNO2. The number of rotatable bonds is 1. The van der Waals surface area contributed by atoms with Crippen LogP contribution in [0.3, 0.4) is 0 Å². The van der Waals surface area contributed by atoms with Crippen molar-refractivity contribution in [2.75, 3.05) is 0 Å². The predicted octanol–water partition coefficient (Wildman–Crippen LogP) is 3.04. The molecule has 0 fully saturated rings. The maximum atomic E-state index is 13.9. The Hall–Kier alpha value is -2.62. The van der Waals surface area contributed by atoms with Crippen molar-refractivity contribution >= 4 is 10.9 Å². The summed E-state index contributed by atoms with van der Waals surface area (Å²) >= 11 is 0. The van der Waals surface area contributed by atoms with Crippen molar-refractivity contribution in [2.24, 2.45) is 0 Å². The molecule has 3 aromatic rings. The number of para-hydroxylation sites is 1. The van der Waals surface area contributed by atoms with Gasteiger partial charge in [0, 0.05) is 22.0 Å². The predicted molar refractivity (Wildman–Crippen MR) is 71.6 cm³/mol. The molecule has 0 unspecified atom stereocenters. The Bertz CT molecular complexity index is 824. The number of hydrogen-bond acceptors (Lipinski definition) is 2. The van der Waals surface area contributed by atoms with Crippen molar-refractivity contribution in [1.82, 2.24) is 4.98 Å². The molecule has 94 valence electrons. The molecule has 2 N–H and O–H groups in total. The molecule has 0 amide bonds. The van der Waals surface area contributed by atoms with E-state index in [-0.39, 0.29) is 11.1 Å². The van der Waals surface area contributed by atoms with Crippen LogP contribution in [0.1, 0.15) is 0 Å². The molecule has 1 aromatic heterocycles. The SMILES string of the molecule is O=c1[nH]c2ccccc2c(-c2ccccc2F)c1O. The summed E-state index contributed by atoms with van der Waals surface area (Å²) in [4.78, 5) is 14.3. The van der Waals surface area contributed by atoms with Gasteiger partial charge < -0.3 is 10.1 Å². The highest BCUT2D eigenvalue weighted by Gasteiger charge is 2.15. The second kappa shape index (κ2) is 4.24. The maximum Gasteiger partial charge on any atom is 0.291 e. The number of fused-ring (bicyclic) bond motifs is 1. The highest BCUT2D eigenvalue weighted by Crippen LogP contribution is 2.34. The number of aromatic amines is 1. The van der Waals surface area contributed by atoms with Crippen LogP contribution in [0.4, 0.5) is 4.39 Å². The number of pyridine rings is 1. The standard InChI is InChI=1S/C15H10FNO2/c16-11-7-3-1-5-9(11)13-10-6-2-4-8-12(10)17-15(19)14(13)18/h1-8,18H,(H,17,19). The zero-order valence-electron chi connectivity index (χ0n) is 9.85. The summed E-state index contributed by atoms with van der Waals surface area (Å²) in [6.45, 7) is 0. The molecule has 4 heteroatoms. The molecule has 0 aliphatic carbocycles. The number of nitrogens with one attached hydrogen (secondary N) is 1. The molecule has 0 bridgehead atoms. The smallest absolute Gasteiger partial charge is 0.291 e. The van der Waals surface area contributed by atoms with Crippen LogP contribution in [0, 0.1) is 5.82 Å². The van der Waals surface area contributed by atoms with Crippen LogP contribution in [-0.4, -0.2) is 10.1 Å². The second-order valence-electron chi connectivity index (χ2n) is 4.20. The van der Waals surface area contributed by atoms with E-state index in [2.05, 4.69) is 4.98 Å². The molecule has 1 heterocycles. The Kier molecular flexibility index (Phi) is 2.56. The average Bonchev–Trinajstić information content (AvgIpc) is 2.42. The van der Waals surface area contributed by atoms with Gasteiger partial charge in [0.25, 0.3) is 5.56 Å². The summed E-state index contributed by atoms with van der Waals surface area (Å²) in [5.74, 6) is -0.947. The molecule has 0 radical (unpaired) electrons. The van der Waals surface area contributed by atoms with Gasteiger partial charge in [0.1, 0.15) is 5.82 Å². The maximum absolute atomic E-state index is 13.9. The van der Waals surface area contributed by atoms with Crippen molar-refractivity contribution in [3.05, 3.63) is 64.7 Å². The Morgan fingerprint density at radius 2 is 1.68 bits per heavy atom. The minimum absolute atomic E-state index is 0.210. The van der Waals surface area contributed by atoms with Gasteiger partial charge in [-0.15, -0.1) is 0 Å². The van der Waals surface area contributed by atoms with Crippen molar-refractivity contribution in [3.8, 4) is 16.9 Å². The van der Waals surface area contributed by atoms with Crippen LogP contribution in [0.2, 0.25) is 0 Å². The van der Waals surface area contributed by atoms with E-state index in [0.717, 1.165) is 0 Å². The van der Waals surface area contributed by atoms with Gasteiger partial charge in [-0.25, -0.2) is 4.39 Å². The number of benzene rings is 2. The Morgan fingerprint density at radius 3 is 2.47 bits per heavy atom. The summed E-state index contributed by atoms with van der Waals surface area (Å²) in [6, 6.07) is 13.0. The van der Waals surface area contributed by atoms with E-state index in [1.165, 1.54) is 12.1 Å². The molecule has 3 nitrogen and oxygen atoms in total. The molecule has 0 aliphatic heterocycles. The van der Waals surface area contributed by atoms with E-state index in [4.69, 9.17) is 0 Å². The topological polar surface area (TPSA) is 53.1 Å². The van der Waals surface area contributed by atoms with Crippen LogP contribution >= 0.6 is 0 Å². The minimum Gasteiger partial charge on any atom is -0.503 e. The third-order valence-electron chi connectivity index (χ3n) is 3.04. The highest BCUT2D eigenvalue weighted by atomic mass is 19.1. The van der Waals surface area contributed by atoms with E-state index in [9.17, 15) is 14.3 Å². The number of H-pyrrole nitrogens is 1. The molecule has 2 aromatic carbocycles. The van der Waals surface area contributed by atoms with Gasteiger partial charge in [0.05, 0.1) is 0 Å². The Labute approximate surface area is 108 Å². The van der Waals surface area contributed by atoms with Crippen molar-refractivity contribution in [2.45, 2.75) is 0 Å². The fraction of sp³-hybridized carbons (Fsp3) is 0. The first-order chi connectivity index (χ1) is 9.18. The lowest BCUT2D eigenvalue weighted by Gasteiger charge is -2.09. The molecule has 0 saturated carbocycles. The van der Waals surface area contributed by atoms with Crippen LogP contribution in [-0.2, 0) is 0 Å². The third kappa shape index (κ3) is 1.78. The van der Waals surface area contributed by atoms with Gasteiger partial charge >= 0.3 is 0 Å². The van der Waals surface area contributed by atoms with Gasteiger partial charge in [0.2, 0.25) is 0 Å². The van der Waals surface area contributed by atoms with Crippen molar-refractivity contribution in [3.63, 3.8) is 0 Å². The first-order valence-corrected chi connectivity index (χ1v) is 5.77. The average molecular weight is 255 g/mol. The van der Waals surface area contributed by atoms with Gasteiger partial charge in [0.15, 0.2) is 5.75 Å². The van der Waals surface area contributed by atoms with Gasteiger partial charge in [-0.1, -0.05) is 36.4 Å². The van der Waals surface area contributed by atoms with Gasteiger partial charge in [-0.3, -0.25) is 4.79 Å². The summed E-state index contributed by atoms with van der Waals surface area (Å²) < 4.78 is 13.9. The Balaban J connectivity index is 2.50. The summed E-state index contributed by atoms with van der Waals surface area (Å²) in [5, 5.41) is 10.6. The van der Waals surface area contributed by atoms with Crippen LogP contribution in [0.5, 0.6) is 5.75 Å². The zero-order chi connectivity index (χ0) is 13.4. The fourth-order valence-corrected chi connectivity index (χ4v) is 2.17. The zero-order valence-corrected chi connectivity index (χ0v) is 9.85. The molecule has 0 atom stereocenters. The summed E-state index contributed by atoms with van der Waals surface area (Å²) in [6.07, 6.45) is 0. The fourth-order valence-electron chi connectivity index (χ4n) is 2.17. The molecular weight excluding hydrogens is 245 g/mol. The number of aromatic hydroxyl groups is 1. The lowest BCUT2D eigenvalue weighted by Crippen LogP contribution is -2.07. The Morgan fingerprint density at radius 1 is 1.00 bits per heavy atom. The van der Waals surface area contributed by atoms with Crippen molar-refractivity contribution in [1.29, 1.82) is 0 Å². The van der Waals surface area contributed by atoms with Crippen LogP contribution in [0.15, 0.2) is 53.3 Å². The minimum atomic E-state index is -0.628. The summed E-state index contributed by atoms with van der Waals surface area (Å²) in [5.41, 5.74) is 0.361. The number of hydrogen-bond donors (Lipinski definition) is 2. The van der Waals surface area contributed by atoms with E-state index < -0.39 is 17.1 Å². The lowest BCUT2D eigenvalue weighted by molar-refractivity contribution is 0.469. The first kappa shape index (κ1) is 11.5. The second-order valence-corrected chi connectivity index (χ2v) is 4.20. The lowest BCUT2D eigenvalue weighted by atomic mass is 10.00. The van der Waals surface area contributed by atoms with E-state index in [1.54, 1.807) is 36.4 Å². The van der Waals surface area contributed by atoms with Gasteiger partial charge in [-0.2, -0.15) is 0 Å².